The number of hydrogen-bond donors (Lipinski definition) is 1. The molecule has 0 radical (unpaired) electrons. The molecule has 0 atom stereocenters. The third-order valence-corrected chi connectivity index (χ3v) is 5.17. The second-order valence-electron chi connectivity index (χ2n) is 7.48. The number of hydrogen-bond acceptors (Lipinski definition) is 3. The minimum absolute atomic E-state index is 0.0567. The van der Waals surface area contributed by atoms with Crippen molar-refractivity contribution in [3.05, 3.63) is 88.5 Å². The Morgan fingerprint density at radius 1 is 1.13 bits per heavy atom. The Kier molecular flexibility index (Phi) is 5.61. The Balaban J connectivity index is 1.48. The van der Waals surface area contributed by atoms with E-state index in [4.69, 9.17) is 0 Å². The molecule has 1 aromatic heterocycles. The molecule has 30 heavy (non-hydrogen) atoms. The molecular formula is C23H23FN4O2. The molecule has 1 N–H and O–H groups in total. The molecule has 0 unspecified atom stereocenters. The molecule has 3 aromatic rings. The van der Waals surface area contributed by atoms with E-state index in [2.05, 4.69) is 16.5 Å². The van der Waals surface area contributed by atoms with Gasteiger partial charge in [0.1, 0.15) is 11.5 Å². The first-order valence-corrected chi connectivity index (χ1v) is 9.95. The fraction of sp³-hybridized carbons (Fsp3) is 0.261. The van der Waals surface area contributed by atoms with Crippen LogP contribution in [0.15, 0.2) is 54.6 Å². The van der Waals surface area contributed by atoms with Crippen molar-refractivity contribution in [2.75, 3.05) is 6.54 Å². The Labute approximate surface area is 174 Å². The fourth-order valence-electron chi connectivity index (χ4n) is 3.63. The lowest BCUT2D eigenvalue weighted by atomic mass is 10.1. The number of fused-ring (bicyclic) bond motifs is 1. The van der Waals surface area contributed by atoms with Gasteiger partial charge in [0.2, 0.25) is 0 Å². The van der Waals surface area contributed by atoms with Crippen molar-refractivity contribution in [2.24, 2.45) is 0 Å². The number of aromatic nitrogens is 2. The fourth-order valence-corrected chi connectivity index (χ4v) is 3.63. The van der Waals surface area contributed by atoms with Gasteiger partial charge in [0, 0.05) is 37.8 Å². The molecule has 0 aliphatic carbocycles. The number of amides is 2. The molecule has 2 aromatic carbocycles. The Hall–Kier alpha value is -3.48. The van der Waals surface area contributed by atoms with Crippen molar-refractivity contribution >= 4 is 11.8 Å². The van der Waals surface area contributed by atoms with E-state index in [0.29, 0.717) is 30.9 Å². The highest BCUT2D eigenvalue weighted by molar-refractivity contribution is 5.98. The van der Waals surface area contributed by atoms with Gasteiger partial charge in [0.15, 0.2) is 5.69 Å². The summed E-state index contributed by atoms with van der Waals surface area (Å²) in [5.74, 6) is -0.952. The summed E-state index contributed by atoms with van der Waals surface area (Å²) in [4.78, 5) is 27.4. The van der Waals surface area contributed by atoms with Crippen LogP contribution in [0.25, 0.3) is 0 Å². The molecular weight excluding hydrogens is 383 g/mol. The molecule has 0 saturated carbocycles. The predicted molar refractivity (Wildman–Crippen MR) is 110 cm³/mol. The normalized spacial score (nSPS) is 13.7. The smallest absolute Gasteiger partial charge is 0.272 e. The van der Waals surface area contributed by atoms with Gasteiger partial charge in [0.05, 0.1) is 0 Å². The molecule has 0 spiro atoms. The zero-order valence-electron chi connectivity index (χ0n) is 16.8. The van der Waals surface area contributed by atoms with E-state index in [1.807, 2.05) is 25.1 Å². The zero-order valence-corrected chi connectivity index (χ0v) is 16.8. The summed E-state index contributed by atoms with van der Waals surface area (Å²) in [5, 5.41) is 6.99. The standard InChI is InChI=1S/C23H23FN4O2/c1-16-6-4-7-17(12-16)15-27-10-5-11-28-21(23(27)30)13-20(26-28)22(29)25-14-18-8-2-3-9-19(18)24/h2-4,6-9,12-13H,5,10-11,14-15H2,1H3,(H,25,29). The van der Waals surface area contributed by atoms with Crippen LogP contribution in [0.3, 0.4) is 0 Å². The van der Waals surface area contributed by atoms with Crippen molar-refractivity contribution in [3.63, 3.8) is 0 Å². The second-order valence-corrected chi connectivity index (χ2v) is 7.48. The highest BCUT2D eigenvalue weighted by atomic mass is 19.1. The SMILES string of the molecule is Cc1cccc(CN2CCCn3nc(C(=O)NCc4ccccc4F)cc3C2=O)c1. The molecule has 6 nitrogen and oxygen atoms in total. The lowest BCUT2D eigenvalue weighted by molar-refractivity contribution is 0.0745. The summed E-state index contributed by atoms with van der Waals surface area (Å²) in [6.07, 6.45) is 0.753. The molecule has 1 aliphatic rings. The first-order valence-electron chi connectivity index (χ1n) is 9.95. The summed E-state index contributed by atoms with van der Waals surface area (Å²) < 4.78 is 15.3. The molecule has 0 fully saturated rings. The summed E-state index contributed by atoms with van der Waals surface area (Å²) in [6, 6.07) is 15.9. The van der Waals surface area contributed by atoms with Gasteiger partial charge in [-0.3, -0.25) is 14.3 Å². The highest BCUT2D eigenvalue weighted by Gasteiger charge is 2.26. The van der Waals surface area contributed by atoms with E-state index in [0.717, 1.165) is 17.5 Å². The van der Waals surface area contributed by atoms with Crippen LogP contribution >= 0.6 is 0 Å². The van der Waals surface area contributed by atoms with Gasteiger partial charge in [-0.15, -0.1) is 0 Å². The maximum absolute atomic E-state index is 13.8. The number of carbonyl (C=O) groups is 2. The van der Waals surface area contributed by atoms with Crippen LogP contribution in [0, 0.1) is 12.7 Å². The van der Waals surface area contributed by atoms with Gasteiger partial charge in [-0.1, -0.05) is 48.0 Å². The van der Waals surface area contributed by atoms with Crippen molar-refractivity contribution in [1.82, 2.24) is 20.0 Å². The largest absolute Gasteiger partial charge is 0.346 e. The number of carbonyl (C=O) groups excluding carboxylic acids is 2. The van der Waals surface area contributed by atoms with E-state index >= 15 is 0 Å². The molecule has 2 amide bonds. The molecule has 154 valence electrons. The Morgan fingerprint density at radius 3 is 2.77 bits per heavy atom. The van der Waals surface area contributed by atoms with E-state index in [1.54, 1.807) is 27.8 Å². The van der Waals surface area contributed by atoms with Crippen molar-refractivity contribution < 1.29 is 14.0 Å². The minimum Gasteiger partial charge on any atom is -0.346 e. The van der Waals surface area contributed by atoms with Crippen LogP contribution in [-0.4, -0.2) is 33.0 Å². The molecule has 2 heterocycles. The van der Waals surface area contributed by atoms with E-state index in [-0.39, 0.29) is 24.0 Å². The van der Waals surface area contributed by atoms with Gasteiger partial charge in [-0.05, 0) is 25.0 Å². The average Bonchev–Trinajstić information content (AvgIpc) is 3.10. The second kappa shape index (κ2) is 8.49. The lowest BCUT2D eigenvalue weighted by Crippen LogP contribution is -2.30. The van der Waals surface area contributed by atoms with E-state index in [1.165, 1.54) is 12.1 Å². The predicted octanol–water partition coefficient (Wildman–Crippen LogP) is 3.31. The van der Waals surface area contributed by atoms with Crippen molar-refractivity contribution in [3.8, 4) is 0 Å². The maximum atomic E-state index is 13.8. The molecule has 0 saturated heterocycles. The van der Waals surface area contributed by atoms with Crippen molar-refractivity contribution in [1.29, 1.82) is 0 Å². The molecule has 4 rings (SSSR count). The summed E-state index contributed by atoms with van der Waals surface area (Å²) in [5.41, 5.74) is 3.17. The van der Waals surface area contributed by atoms with Crippen LogP contribution in [-0.2, 0) is 19.6 Å². The van der Waals surface area contributed by atoms with Crippen LogP contribution in [0.1, 0.15) is 44.1 Å². The molecule has 0 bridgehead atoms. The van der Waals surface area contributed by atoms with E-state index < -0.39 is 5.91 Å². The van der Waals surface area contributed by atoms with Gasteiger partial charge < -0.3 is 10.2 Å². The topological polar surface area (TPSA) is 67.2 Å². The Morgan fingerprint density at radius 2 is 1.97 bits per heavy atom. The van der Waals surface area contributed by atoms with Gasteiger partial charge in [-0.25, -0.2) is 4.39 Å². The molecule has 1 aliphatic heterocycles. The third kappa shape index (κ3) is 4.25. The third-order valence-electron chi connectivity index (χ3n) is 5.17. The minimum atomic E-state index is -0.433. The summed E-state index contributed by atoms with van der Waals surface area (Å²) in [6.45, 7) is 3.79. The molecule has 7 heteroatoms. The van der Waals surface area contributed by atoms with Gasteiger partial charge >= 0.3 is 0 Å². The number of halogens is 1. The summed E-state index contributed by atoms with van der Waals surface area (Å²) >= 11 is 0. The number of nitrogens with zero attached hydrogens (tertiary/aromatic N) is 3. The average molecular weight is 406 g/mol. The van der Waals surface area contributed by atoms with Crippen LogP contribution in [0.2, 0.25) is 0 Å². The van der Waals surface area contributed by atoms with Crippen molar-refractivity contribution in [2.45, 2.75) is 33.0 Å². The summed E-state index contributed by atoms with van der Waals surface area (Å²) in [7, 11) is 0. The maximum Gasteiger partial charge on any atom is 0.272 e. The lowest BCUT2D eigenvalue weighted by Gasteiger charge is -2.20. The van der Waals surface area contributed by atoms with Crippen LogP contribution in [0.4, 0.5) is 4.39 Å². The number of nitrogens with one attached hydrogen (secondary N) is 1. The van der Waals surface area contributed by atoms with Crippen LogP contribution < -0.4 is 5.32 Å². The number of rotatable bonds is 5. The number of aryl methyl sites for hydroxylation is 2. The van der Waals surface area contributed by atoms with Crippen LogP contribution in [0.5, 0.6) is 0 Å². The monoisotopic (exact) mass is 406 g/mol. The Bertz CT molecular complexity index is 1090. The zero-order chi connectivity index (χ0) is 21.1. The quantitative estimate of drug-likeness (QED) is 0.707. The first kappa shape index (κ1) is 19.8. The van der Waals surface area contributed by atoms with Gasteiger partial charge in [-0.2, -0.15) is 5.10 Å². The van der Waals surface area contributed by atoms with Gasteiger partial charge in [0.25, 0.3) is 11.8 Å². The highest BCUT2D eigenvalue weighted by Crippen LogP contribution is 2.17. The van der Waals surface area contributed by atoms with E-state index in [9.17, 15) is 14.0 Å². The number of benzene rings is 2. The first-order chi connectivity index (χ1) is 14.5.